The van der Waals surface area contributed by atoms with E-state index < -0.39 is 23.6 Å². The number of hydrogen-bond donors (Lipinski definition) is 1. The molecule has 0 aliphatic carbocycles. The number of carbonyl (C=O) groups excluding carboxylic acids is 2. The highest BCUT2D eigenvalue weighted by molar-refractivity contribution is 7.99. The summed E-state index contributed by atoms with van der Waals surface area (Å²) in [6.07, 6.45) is -0.588. The lowest BCUT2D eigenvalue weighted by Gasteiger charge is -2.26. The molecule has 1 N–H and O–H groups in total. The molecule has 24 heavy (non-hydrogen) atoms. The van der Waals surface area contributed by atoms with Crippen molar-refractivity contribution in [2.24, 2.45) is 0 Å². The van der Waals surface area contributed by atoms with Crippen molar-refractivity contribution in [3.05, 3.63) is 35.6 Å². The first-order chi connectivity index (χ1) is 11.3. The van der Waals surface area contributed by atoms with E-state index in [0.717, 1.165) is 5.75 Å². The molecule has 132 valence electrons. The summed E-state index contributed by atoms with van der Waals surface area (Å²) in [7, 11) is 0. The average Bonchev–Trinajstić information content (AvgIpc) is 3.00. The number of thioether (sulfide) groups is 1. The lowest BCUT2D eigenvalue weighted by Crippen LogP contribution is -2.50. The lowest BCUT2D eigenvalue weighted by molar-refractivity contribution is -0.132. The molecule has 0 radical (unpaired) electrons. The van der Waals surface area contributed by atoms with Crippen LogP contribution < -0.4 is 5.32 Å². The molecule has 1 saturated heterocycles. The van der Waals surface area contributed by atoms with Crippen LogP contribution in [0.25, 0.3) is 0 Å². The average molecular weight is 354 g/mol. The largest absolute Gasteiger partial charge is 0.444 e. The highest BCUT2D eigenvalue weighted by atomic mass is 32.2. The van der Waals surface area contributed by atoms with Crippen LogP contribution in [0.15, 0.2) is 24.3 Å². The molecule has 0 saturated carbocycles. The van der Waals surface area contributed by atoms with Gasteiger partial charge in [-0.15, -0.1) is 11.8 Å². The Kier molecular flexibility index (Phi) is 6.10. The van der Waals surface area contributed by atoms with Crippen molar-refractivity contribution >= 4 is 23.8 Å². The van der Waals surface area contributed by atoms with Crippen LogP contribution in [0, 0.1) is 5.82 Å². The Morgan fingerprint density at radius 2 is 2.08 bits per heavy atom. The zero-order valence-electron chi connectivity index (χ0n) is 14.2. The summed E-state index contributed by atoms with van der Waals surface area (Å²) in [5, 5.41) is 2.60. The van der Waals surface area contributed by atoms with Gasteiger partial charge in [-0.1, -0.05) is 18.2 Å². The summed E-state index contributed by atoms with van der Waals surface area (Å²) in [4.78, 5) is 26.4. The number of rotatable bonds is 4. The van der Waals surface area contributed by atoms with E-state index in [0.29, 0.717) is 18.0 Å². The van der Waals surface area contributed by atoms with Gasteiger partial charge in [0.2, 0.25) is 5.91 Å². The van der Waals surface area contributed by atoms with Crippen LogP contribution in [0.4, 0.5) is 9.18 Å². The highest BCUT2D eigenvalue weighted by Gasteiger charge is 2.30. The molecule has 7 heteroatoms. The maximum atomic E-state index is 13.9. The van der Waals surface area contributed by atoms with E-state index in [9.17, 15) is 14.0 Å². The minimum atomic E-state index is -0.851. The predicted octanol–water partition coefficient (Wildman–Crippen LogP) is 2.79. The molecule has 2 amide bonds. The van der Waals surface area contributed by atoms with Crippen LogP contribution in [0.2, 0.25) is 0 Å². The fourth-order valence-corrected chi connectivity index (χ4v) is 3.30. The molecule has 1 aliphatic heterocycles. The molecule has 0 bridgehead atoms. The third-order valence-electron chi connectivity index (χ3n) is 3.44. The summed E-state index contributed by atoms with van der Waals surface area (Å²) in [6, 6.07) is 5.41. The number of benzene rings is 1. The van der Waals surface area contributed by atoms with Gasteiger partial charge in [-0.3, -0.25) is 4.79 Å². The van der Waals surface area contributed by atoms with Gasteiger partial charge in [-0.25, -0.2) is 9.18 Å². The molecule has 2 rings (SSSR count). The van der Waals surface area contributed by atoms with Crippen molar-refractivity contribution in [2.45, 2.75) is 38.8 Å². The third kappa shape index (κ3) is 5.40. The minimum Gasteiger partial charge on any atom is -0.444 e. The first-order valence-corrected chi connectivity index (χ1v) is 9.01. The number of halogens is 1. The lowest BCUT2D eigenvalue weighted by atomic mass is 10.0. The SMILES string of the molecule is CC(C)(C)OC(=O)NC(Cc1ccccc1F)C(=O)N1CCSC1. The standard InChI is InChI=1S/C17H23FN2O3S/c1-17(2,3)23-16(22)19-14(15(21)20-8-9-24-11-20)10-12-6-4-5-7-13(12)18/h4-7,14H,8-11H2,1-3H3,(H,19,22). The Bertz CT molecular complexity index is 598. The van der Waals surface area contributed by atoms with Crippen molar-refractivity contribution in [3.8, 4) is 0 Å². The van der Waals surface area contributed by atoms with E-state index in [1.807, 2.05) is 0 Å². The number of nitrogens with one attached hydrogen (secondary N) is 1. The summed E-state index contributed by atoms with van der Waals surface area (Å²) in [5.74, 6) is 0.846. The van der Waals surface area contributed by atoms with Crippen molar-refractivity contribution in [3.63, 3.8) is 0 Å². The number of nitrogens with zero attached hydrogens (tertiary/aromatic N) is 1. The predicted molar refractivity (Wildman–Crippen MR) is 92.3 cm³/mol. The molecule has 1 aromatic carbocycles. The maximum absolute atomic E-state index is 13.9. The molecule has 1 heterocycles. The van der Waals surface area contributed by atoms with Gasteiger partial charge >= 0.3 is 6.09 Å². The van der Waals surface area contributed by atoms with Gasteiger partial charge in [0.05, 0.1) is 5.88 Å². The van der Waals surface area contributed by atoms with E-state index in [1.165, 1.54) is 6.07 Å². The van der Waals surface area contributed by atoms with Crippen molar-refractivity contribution in [2.75, 3.05) is 18.2 Å². The molecule has 0 aromatic heterocycles. The Morgan fingerprint density at radius 1 is 1.38 bits per heavy atom. The number of ether oxygens (including phenoxy) is 1. The van der Waals surface area contributed by atoms with Crippen LogP contribution in [0.1, 0.15) is 26.3 Å². The van der Waals surface area contributed by atoms with Gasteiger partial charge < -0.3 is 15.0 Å². The molecule has 1 unspecified atom stereocenters. The fourth-order valence-electron chi connectivity index (χ4n) is 2.34. The Morgan fingerprint density at radius 3 is 2.67 bits per heavy atom. The van der Waals surface area contributed by atoms with Crippen molar-refractivity contribution in [1.82, 2.24) is 10.2 Å². The van der Waals surface area contributed by atoms with Gasteiger partial charge in [0.15, 0.2) is 0 Å². The number of alkyl carbamates (subject to hydrolysis) is 1. The van der Waals surface area contributed by atoms with E-state index in [4.69, 9.17) is 4.74 Å². The minimum absolute atomic E-state index is 0.0892. The first kappa shape index (κ1) is 18.6. The van der Waals surface area contributed by atoms with Gasteiger partial charge in [-0.2, -0.15) is 0 Å². The number of amides is 2. The van der Waals surface area contributed by atoms with E-state index in [1.54, 1.807) is 55.6 Å². The fraction of sp³-hybridized carbons (Fsp3) is 0.529. The van der Waals surface area contributed by atoms with Crippen molar-refractivity contribution < 1.29 is 18.7 Å². The zero-order valence-corrected chi connectivity index (χ0v) is 15.0. The van der Waals surface area contributed by atoms with Gasteiger partial charge in [0.1, 0.15) is 17.5 Å². The highest BCUT2D eigenvalue weighted by Crippen LogP contribution is 2.17. The van der Waals surface area contributed by atoms with Gasteiger partial charge in [0.25, 0.3) is 0 Å². The summed E-state index contributed by atoms with van der Waals surface area (Å²) in [5.41, 5.74) is -0.280. The molecule has 1 aromatic rings. The molecular weight excluding hydrogens is 331 g/mol. The second kappa shape index (κ2) is 7.88. The quantitative estimate of drug-likeness (QED) is 0.903. The molecule has 1 fully saturated rings. The topological polar surface area (TPSA) is 58.6 Å². The van der Waals surface area contributed by atoms with Crippen LogP contribution in [0.5, 0.6) is 0 Å². The van der Waals surface area contributed by atoms with Crippen LogP contribution >= 0.6 is 11.8 Å². The molecule has 0 spiro atoms. The second-order valence-corrected chi connectivity index (χ2v) is 7.71. The molecule has 1 aliphatic rings. The second-order valence-electron chi connectivity index (χ2n) is 6.63. The van der Waals surface area contributed by atoms with Gasteiger partial charge in [-0.05, 0) is 32.4 Å². The normalized spacial score (nSPS) is 15.9. The Balaban J connectivity index is 2.13. The van der Waals surface area contributed by atoms with E-state index in [-0.39, 0.29) is 12.3 Å². The third-order valence-corrected chi connectivity index (χ3v) is 4.40. The molecule has 1 atom stereocenters. The first-order valence-electron chi connectivity index (χ1n) is 7.86. The zero-order chi connectivity index (χ0) is 17.7. The van der Waals surface area contributed by atoms with Crippen LogP contribution in [-0.2, 0) is 16.0 Å². The molecule has 5 nitrogen and oxygen atoms in total. The number of hydrogen-bond acceptors (Lipinski definition) is 4. The summed E-state index contributed by atoms with van der Waals surface area (Å²) >= 11 is 1.65. The maximum Gasteiger partial charge on any atom is 0.408 e. The van der Waals surface area contributed by atoms with Gasteiger partial charge in [0, 0.05) is 18.7 Å². The molecular formula is C17H23FN2O3S. The van der Waals surface area contributed by atoms with E-state index >= 15 is 0 Å². The number of carbonyl (C=O) groups is 2. The Hall–Kier alpha value is -1.76. The summed E-state index contributed by atoms with van der Waals surface area (Å²) in [6.45, 7) is 5.87. The van der Waals surface area contributed by atoms with E-state index in [2.05, 4.69) is 5.32 Å². The smallest absolute Gasteiger partial charge is 0.408 e. The van der Waals surface area contributed by atoms with Crippen LogP contribution in [-0.4, -0.2) is 46.7 Å². The Labute approximate surface area is 145 Å². The monoisotopic (exact) mass is 354 g/mol. The van der Waals surface area contributed by atoms with Crippen molar-refractivity contribution in [1.29, 1.82) is 0 Å². The summed E-state index contributed by atoms with van der Waals surface area (Å²) < 4.78 is 19.2. The van der Waals surface area contributed by atoms with Crippen LogP contribution in [0.3, 0.4) is 0 Å².